The molecule has 6 heteroatoms. The number of rotatable bonds is 3. The van der Waals surface area contributed by atoms with Crippen LogP contribution in [0.4, 0.5) is 11.5 Å². The fourth-order valence-corrected chi connectivity index (χ4v) is 3.57. The van der Waals surface area contributed by atoms with Gasteiger partial charge in [-0.3, -0.25) is 0 Å². The Morgan fingerprint density at radius 2 is 1.80 bits per heavy atom. The number of hydrogen-bond donors (Lipinski definition) is 1. The van der Waals surface area contributed by atoms with Crippen LogP contribution in [0.1, 0.15) is 30.7 Å². The van der Waals surface area contributed by atoms with Gasteiger partial charge in [-0.2, -0.15) is 5.10 Å². The average molecular weight is 334 g/mol. The van der Waals surface area contributed by atoms with Crippen LogP contribution in [-0.2, 0) is 0 Å². The molecule has 6 nitrogen and oxygen atoms in total. The quantitative estimate of drug-likeness (QED) is 0.797. The van der Waals surface area contributed by atoms with Crippen molar-refractivity contribution in [2.45, 2.75) is 25.2 Å². The largest absolute Gasteiger partial charge is 0.393 e. The number of anilines is 2. The molecule has 0 saturated carbocycles. The summed E-state index contributed by atoms with van der Waals surface area (Å²) in [6.45, 7) is 1.91. The number of nitrogen functional groups attached to an aromatic ring is 1. The topological polar surface area (TPSA) is 72.9 Å². The number of nitrogens with zero attached hydrogens (tertiary/aromatic N) is 5. The second kappa shape index (κ2) is 6.93. The van der Waals surface area contributed by atoms with E-state index in [0.29, 0.717) is 17.4 Å². The van der Waals surface area contributed by atoms with E-state index >= 15 is 0 Å². The van der Waals surface area contributed by atoms with Gasteiger partial charge in [0.15, 0.2) is 11.6 Å². The molecule has 1 aliphatic heterocycles. The highest BCUT2D eigenvalue weighted by molar-refractivity contribution is 5.70. The van der Waals surface area contributed by atoms with Crippen LogP contribution in [-0.4, -0.2) is 32.8 Å². The minimum Gasteiger partial charge on any atom is -0.393 e. The first-order chi connectivity index (χ1) is 12.3. The van der Waals surface area contributed by atoms with Crippen LogP contribution in [0.5, 0.6) is 0 Å². The van der Waals surface area contributed by atoms with Gasteiger partial charge in [-0.25, -0.2) is 14.6 Å². The van der Waals surface area contributed by atoms with Crippen LogP contribution in [0.3, 0.4) is 0 Å². The van der Waals surface area contributed by atoms with E-state index in [2.05, 4.69) is 50.3 Å². The lowest BCUT2D eigenvalue weighted by atomic mass is 9.92. The third kappa shape index (κ3) is 3.20. The zero-order chi connectivity index (χ0) is 17.1. The Morgan fingerprint density at radius 1 is 0.960 bits per heavy atom. The van der Waals surface area contributed by atoms with Crippen molar-refractivity contribution in [1.29, 1.82) is 0 Å². The van der Waals surface area contributed by atoms with Gasteiger partial charge in [-0.1, -0.05) is 30.3 Å². The van der Waals surface area contributed by atoms with Gasteiger partial charge in [-0.15, -0.1) is 0 Å². The Labute approximate surface area is 147 Å². The van der Waals surface area contributed by atoms with Crippen LogP contribution in [0, 0.1) is 0 Å². The smallest absolute Gasteiger partial charge is 0.181 e. The summed E-state index contributed by atoms with van der Waals surface area (Å²) in [6.07, 6.45) is 8.55. The molecule has 128 valence electrons. The van der Waals surface area contributed by atoms with Gasteiger partial charge in [0, 0.05) is 25.5 Å². The van der Waals surface area contributed by atoms with Crippen LogP contribution in [0.2, 0.25) is 0 Å². The standard InChI is InChI=1S/C19H22N6/c20-17-18(21-14-22-19(17)25-12-5-10-23-25)24-11-4-8-16(9-13-24)15-6-2-1-3-7-15/h1-3,5-7,10,12,14,16H,4,8-9,11,13,20H2. The Morgan fingerprint density at radius 3 is 2.60 bits per heavy atom. The van der Waals surface area contributed by atoms with Gasteiger partial charge >= 0.3 is 0 Å². The third-order valence-corrected chi connectivity index (χ3v) is 4.86. The highest BCUT2D eigenvalue weighted by Crippen LogP contribution is 2.32. The van der Waals surface area contributed by atoms with E-state index in [4.69, 9.17) is 5.73 Å². The maximum Gasteiger partial charge on any atom is 0.181 e. The van der Waals surface area contributed by atoms with Gasteiger partial charge in [0.2, 0.25) is 0 Å². The highest BCUT2D eigenvalue weighted by Gasteiger charge is 2.22. The van der Waals surface area contributed by atoms with E-state index in [1.165, 1.54) is 12.0 Å². The van der Waals surface area contributed by atoms with Gasteiger partial charge in [0.05, 0.1) is 0 Å². The van der Waals surface area contributed by atoms with Crippen molar-refractivity contribution < 1.29 is 0 Å². The molecule has 0 bridgehead atoms. The first-order valence-corrected chi connectivity index (χ1v) is 8.73. The predicted octanol–water partition coefficient (Wildman–Crippen LogP) is 3.02. The molecule has 3 heterocycles. The molecule has 1 aromatic carbocycles. The number of hydrogen-bond acceptors (Lipinski definition) is 5. The lowest BCUT2D eigenvalue weighted by Crippen LogP contribution is -2.27. The van der Waals surface area contributed by atoms with Gasteiger partial charge in [0.1, 0.15) is 12.0 Å². The second-order valence-corrected chi connectivity index (χ2v) is 6.41. The van der Waals surface area contributed by atoms with Crippen LogP contribution >= 0.6 is 0 Å². The fraction of sp³-hybridized carbons (Fsp3) is 0.316. The number of nitrogens with two attached hydrogens (primary N) is 1. The molecular formula is C19H22N6. The Balaban J connectivity index is 1.56. The summed E-state index contributed by atoms with van der Waals surface area (Å²) >= 11 is 0. The molecule has 1 fully saturated rings. The molecule has 1 unspecified atom stereocenters. The summed E-state index contributed by atoms with van der Waals surface area (Å²) in [4.78, 5) is 11.0. The van der Waals surface area contributed by atoms with Crippen LogP contribution in [0.15, 0.2) is 55.1 Å². The van der Waals surface area contributed by atoms with Crippen molar-refractivity contribution in [2.24, 2.45) is 0 Å². The van der Waals surface area contributed by atoms with Crippen LogP contribution < -0.4 is 10.6 Å². The van der Waals surface area contributed by atoms with Crippen molar-refractivity contribution in [3.63, 3.8) is 0 Å². The number of aromatic nitrogens is 4. The van der Waals surface area contributed by atoms with Gasteiger partial charge < -0.3 is 10.6 Å². The summed E-state index contributed by atoms with van der Waals surface area (Å²) in [5.74, 6) is 2.05. The fourth-order valence-electron chi connectivity index (χ4n) is 3.57. The van der Waals surface area contributed by atoms with E-state index in [-0.39, 0.29) is 0 Å². The molecule has 25 heavy (non-hydrogen) atoms. The second-order valence-electron chi connectivity index (χ2n) is 6.41. The molecular weight excluding hydrogens is 312 g/mol. The summed E-state index contributed by atoms with van der Waals surface area (Å²) in [7, 11) is 0. The van der Waals surface area contributed by atoms with Crippen molar-refractivity contribution in [2.75, 3.05) is 23.7 Å². The van der Waals surface area contributed by atoms with E-state index in [1.54, 1.807) is 17.2 Å². The summed E-state index contributed by atoms with van der Waals surface area (Å²) in [5, 5.41) is 4.23. The summed E-state index contributed by atoms with van der Waals surface area (Å²) in [6, 6.07) is 12.6. The maximum absolute atomic E-state index is 6.37. The third-order valence-electron chi connectivity index (χ3n) is 4.86. The monoisotopic (exact) mass is 334 g/mol. The lowest BCUT2D eigenvalue weighted by Gasteiger charge is -2.23. The van der Waals surface area contributed by atoms with Crippen molar-refractivity contribution in [1.82, 2.24) is 19.7 Å². The van der Waals surface area contributed by atoms with E-state index in [0.717, 1.165) is 31.7 Å². The zero-order valence-electron chi connectivity index (χ0n) is 14.1. The van der Waals surface area contributed by atoms with Crippen molar-refractivity contribution in [3.05, 3.63) is 60.7 Å². The molecule has 4 rings (SSSR count). The first kappa shape index (κ1) is 15.6. The molecule has 0 amide bonds. The molecule has 0 radical (unpaired) electrons. The highest BCUT2D eigenvalue weighted by atomic mass is 15.3. The predicted molar refractivity (Wildman–Crippen MR) is 98.8 cm³/mol. The summed E-state index contributed by atoms with van der Waals surface area (Å²) in [5.41, 5.74) is 8.39. The zero-order valence-corrected chi connectivity index (χ0v) is 14.1. The van der Waals surface area contributed by atoms with Gasteiger partial charge in [-0.05, 0) is 36.8 Å². The minimum atomic E-state index is 0.587. The molecule has 0 spiro atoms. The molecule has 3 aromatic rings. The van der Waals surface area contributed by atoms with E-state index in [9.17, 15) is 0 Å². The number of benzene rings is 1. The normalized spacial score (nSPS) is 18.1. The first-order valence-electron chi connectivity index (χ1n) is 8.73. The van der Waals surface area contributed by atoms with E-state index in [1.807, 2.05) is 12.3 Å². The minimum absolute atomic E-state index is 0.587. The Hall–Kier alpha value is -2.89. The van der Waals surface area contributed by atoms with Crippen molar-refractivity contribution in [3.8, 4) is 5.82 Å². The molecule has 0 aliphatic carbocycles. The molecule has 1 aliphatic rings. The maximum atomic E-state index is 6.37. The molecule has 2 N–H and O–H groups in total. The molecule has 1 saturated heterocycles. The summed E-state index contributed by atoms with van der Waals surface area (Å²) < 4.78 is 1.69. The van der Waals surface area contributed by atoms with Gasteiger partial charge in [0.25, 0.3) is 0 Å². The SMILES string of the molecule is Nc1c(N2CCCC(c3ccccc3)CC2)ncnc1-n1cccn1. The Kier molecular flexibility index (Phi) is 4.33. The lowest BCUT2D eigenvalue weighted by molar-refractivity contribution is 0.612. The van der Waals surface area contributed by atoms with Crippen LogP contribution in [0.25, 0.3) is 5.82 Å². The van der Waals surface area contributed by atoms with Crippen molar-refractivity contribution >= 4 is 11.5 Å². The van der Waals surface area contributed by atoms with E-state index < -0.39 is 0 Å². The average Bonchev–Trinajstić information content (AvgIpc) is 3.07. The molecule has 1 atom stereocenters. The Bertz CT molecular complexity index is 815. The molecule has 2 aromatic heterocycles.